The third-order valence-corrected chi connectivity index (χ3v) is 2.35. The predicted molar refractivity (Wildman–Crippen MR) is 45.9 cm³/mol. The van der Waals surface area contributed by atoms with Gasteiger partial charge in [0.2, 0.25) is 0 Å². The first-order valence-electron chi connectivity index (χ1n) is 3.23. The lowest BCUT2D eigenvalue weighted by Gasteiger charge is -2.20. The molecule has 1 aliphatic heterocycles. The molecule has 5 heteroatoms. The van der Waals surface area contributed by atoms with E-state index in [0.717, 1.165) is 4.61 Å². The summed E-state index contributed by atoms with van der Waals surface area (Å²) in [6, 6.07) is -0.0781. The quantitative estimate of drug-likeness (QED) is 0.610. The number of hydrazine groups is 1. The zero-order valence-electron chi connectivity index (χ0n) is 6.47. The van der Waals surface area contributed by atoms with Gasteiger partial charge in [-0.15, -0.1) is 0 Å². The summed E-state index contributed by atoms with van der Waals surface area (Å²) in [5, 5.41) is 1.45. The van der Waals surface area contributed by atoms with E-state index in [2.05, 4.69) is 21.4 Å². The monoisotopic (exact) mass is 219 g/mol. The Hall–Kier alpha value is -0.550. The van der Waals surface area contributed by atoms with E-state index < -0.39 is 0 Å². The van der Waals surface area contributed by atoms with Gasteiger partial charge in [0.25, 0.3) is 0 Å². The summed E-state index contributed by atoms with van der Waals surface area (Å²) in [5.74, 6) is 0. The van der Waals surface area contributed by atoms with E-state index in [1.165, 1.54) is 9.91 Å². The molecule has 2 amide bonds. The van der Waals surface area contributed by atoms with Gasteiger partial charge in [0.05, 0.1) is 4.61 Å². The van der Waals surface area contributed by atoms with Gasteiger partial charge in [0.1, 0.15) is 0 Å². The molecule has 11 heavy (non-hydrogen) atoms. The molecule has 1 heterocycles. The van der Waals surface area contributed by atoms with Gasteiger partial charge in [-0.2, -0.15) is 0 Å². The van der Waals surface area contributed by atoms with Crippen LogP contribution in [0, 0.1) is 0 Å². The van der Waals surface area contributed by atoms with Crippen molar-refractivity contribution in [1.29, 1.82) is 0 Å². The smallest absolute Gasteiger partial charge is 0.290 e. The van der Waals surface area contributed by atoms with E-state index in [-0.39, 0.29) is 6.03 Å². The fraction of sp³-hybridized carbons (Fsp3) is 0.500. The maximum atomic E-state index is 11.3. The van der Waals surface area contributed by atoms with E-state index in [4.69, 9.17) is 0 Å². The summed E-state index contributed by atoms with van der Waals surface area (Å²) in [6.07, 6.45) is 1.89. The number of amides is 2. The second kappa shape index (κ2) is 3.23. The molecule has 1 N–H and O–H groups in total. The van der Waals surface area contributed by atoms with Crippen molar-refractivity contribution in [3.63, 3.8) is 0 Å². The zero-order valence-corrected chi connectivity index (χ0v) is 8.05. The average molecular weight is 220 g/mol. The summed E-state index contributed by atoms with van der Waals surface area (Å²) < 4.78 is 0.791. The molecular formula is C6H10BrN3O. The van der Waals surface area contributed by atoms with Crippen LogP contribution in [0.15, 0.2) is 10.7 Å². The molecule has 0 spiro atoms. The number of carbonyl (C=O) groups is 1. The summed E-state index contributed by atoms with van der Waals surface area (Å²) in [6.45, 7) is 0.660. The molecule has 0 aromatic carbocycles. The number of halogens is 1. The second-order valence-corrected chi connectivity index (χ2v) is 3.10. The Morgan fingerprint density at radius 3 is 2.91 bits per heavy atom. The molecule has 0 atom stereocenters. The van der Waals surface area contributed by atoms with Gasteiger partial charge < -0.3 is 0 Å². The van der Waals surface area contributed by atoms with Crippen LogP contribution in [-0.4, -0.2) is 36.6 Å². The highest BCUT2D eigenvalue weighted by Crippen LogP contribution is 2.12. The molecule has 0 unspecified atom stereocenters. The van der Waals surface area contributed by atoms with Gasteiger partial charge >= 0.3 is 6.03 Å². The topological polar surface area (TPSA) is 35.6 Å². The van der Waals surface area contributed by atoms with Crippen molar-refractivity contribution in [2.75, 3.05) is 20.6 Å². The molecule has 4 nitrogen and oxygen atoms in total. The van der Waals surface area contributed by atoms with Gasteiger partial charge in [-0.25, -0.2) is 10.2 Å². The van der Waals surface area contributed by atoms with Gasteiger partial charge in [0, 0.05) is 20.6 Å². The second-order valence-electron chi connectivity index (χ2n) is 2.29. The van der Waals surface area contributed by atoms with Crippen LogP contribution in [0.4, 0.5) is 4.79 Å². The van der Waals surface area contributed by atoms with E-state index in [1.807, 2.05) is 6.08 Å². The Morgan fingerprint density at radius 2 is 2.27 bits per heavy atom. The number of urea groups is 1. The molecule has 62 valence electrons. The van der Waals surface area contributed by atoms with Crippen LogP contribution in [0.5, 0.6) is 0 Å². The molecule has 0 saturated heterocycles. The van der Waals surface area contributed by atoms with Gasteiger partial charge in [-0.1, -0.05) is 0 Å². The van der Waals surface area contributed by atoms with Crippen LogP contribution in [0.25, 0.3) is 0 Å². The van der Waals surface area contributed by atoms with Crippen LogP contribution in [0.1, 0.15) is 0 Å². The third-order valence-electron chi connectivity index (χ3n) is 1.49. The van der Waals surface area contributed by atoms with Gasteiger partial charge in [0.15, 0.2) is 0 Å². The highest BCUT2D eigenvalue weighted by Gasteiger charge is 2.17. The first-order chi connectivity index (χ1) is 5.13. The van der Waals surface area contributed by atoms with E-state index in [0.29, 0.717) is 6.54 Å². The largest absolute Gasteiger partial charge is 0.338 e. The summed E-state index contributed by atoms with van der Waals surface area (Å²) in [7, 11) is 3.41. The van der Waals surface area contributed by atoms with Crippen molar-refractivity contribution in [3.8, 4) is 0 Å². The zero-order chi connectivity index (χ0) is 8.43. The molecule has 0 saturated carbocycles. The number of carbonyl (C=O) groups excluding carboxylic acids is 1. The molecule has 0 aliphatic carbocycles. The van der Waals surface area contributed by atoms with Gasteiger partial charge in [-0.05, 0) is 22.0 Å². The molecule has 0 bridgehead atoms. The Morgan fingerprint density at radius 1 is 1.64 bits per heavy atom. The van der Waals surface area contributed by atoms with Crippen molar-refractivity contribution in [2.45, 2.75) is 0 Å². The Balaban J connectivity index is 2.79. The van der Waals surface area contributed by atoms with Crippen LogP contribution in [0.2, 0.25) is 0 Å². The molecule has 1 aliphatic rings. The highest BCUT2D eigenvalue weighted by molar-refractivity contribution is 9.11. The SMILES string of the molecule is CN1NCC=C(Br)N(C)C1=O. The molecule has 0 radical (unpaired) electrons. The fourth-order valence-corrected chi connectivity index (χ4v) is 1.10. The van der Waals surface area contributed by atoms with E-state index >= 15 is 0 Å². The normalized spacial score (nSPS) is 19.9. The van der Waals surface area contributed by atoms with Crippen molar-refractivity contribution in [3.05, 3.63) is 10.7 Å². The first-order valence-corrected chi connectivity index (χ1v) is 4.03. The number of hydrogen-bond donors (Lipinski definition) is 1. The molecule has 0 aromatic heterocycles. The van der Waals surface area contributed by atoms with Crippen molar-refractivity contribution in [2.24, 2.45) is 0 Å². The highest BCUT2D eigenvalue weighted by atomic mass is 79.9. The lowest BCUT2D eigenvalue weighted by atomic mass is 10.6. The predicted octanol–water partition coefficient (Wildman–Crippen LogP) is 0.724. The summed E-state index contributed by atoms with van der Waals surface area (Å²) in [5.41, 5.74) is 2.89. The summed E-state index contributed by atoms with van der Waals surface area (Å²) in [4.78, 5) is 12.8. The molecular weight excluding hydrogens is 210 g/mol. The molecule has 0 aromatic rings. The number of hydrogen-bond acceptors (Lipinski definition) is 2. The lowest BCUT2D eigenvalue weighted by molar-refractivity contribution is 0.171. The standard InChI is InChI=1S/C6H10BrN3O/c1-9-5(7)3-4-8-10(2)6(9)11/h3,8H,4H2,1-2H3. The Bertz CT molecular complexity index is 204. The van der Waals surface area contributed by atoms with Crippen LogP contribution < -0.4 is 5.43 Å². The first kappa shape index (κ1) is 8.55. The van der Waals surface area contributed by atoms with Crippen molar-refractivity contribution < 1.29 is 4.79 Å². The molecule has 1 rings (SSSR count). The van der Waals surface area contributed by atoms with Crippen molar-refractivity contribution in [1.82, 2.24) is 15.3 Å². The maximum Gasteiger partial charge on any atom is 0.338 e. The fourth-order valence-electron chi connectivity index (χ4n) is 0.788. The number of nitrogens with zero attached hydrogens (tertiary/aromatic N) is 2. The van der Waals surface area contributed by atoms with Gasteiger partial charge in [-0.3, -0.25) is 9.91 Å². The minimum absolute atomic E-state index is 0.0781. The van der Waals surface area contributed by atoms with Crippen LogP contribution in [0.3, 0.4) is 0 Å². The maximum absolute atomic E-state index is 11.3. The van der Waals surface area contributed by atoms with E-state index in [1.54, 1.807) is 14.1 Å². The lowest BCUT2D eigenvalue weighted by Crippen LogP contribution is -2.43. The van der Waals surface area contributed by atoms with E-state index in [9.17, 15) is 4.79 Å². The number of rotatable bonds is 0. The minimum atomic E-state index is -0.0781. The Kier molecular flexibility index (Phi) is 2.51. The third kappa shape index (κ3) is 1.72. The van der Waals surface area contributed by atoms with Crippen LogP contribution >= 0.6 is 15.9 Å². The Labute approximate surface area is 73.9 Å². The summed E-state index contributed by atoms with van der Waals surface area (Å²) >= 11 is 3.27. The average Bonchev–Trinajstić information content (AvgIpc) is 2.07. The molecule has 0 fully saturated rings. The number of nitrogens with one attached hydrogen (secondary N) is 1. The van der Waals surface area contributed by atoms with Crippen molar-refractivity contribution >= 4 is 22.0 Å². The minimum Gasteiger partial charge on any atom is -0.290 e. The van der Waals surface area contributed by atoms with Crippen LogP contribution in [-0.2, 0) is 0 Å².